The van der Waals surface area contributed by atoms with Gasteiger partial charge in [0.15, 0.2) is 0 Å². The van der Waals surface area contributed by atoms with Gasteiger partial charge in [0.25, 0.3) is 0 Å². The quantitative estimate of drug-likeness (QED) is 0.653. The van der Waals surface area contributed by atoms with Crippen molar-refractivity contribution in [3.05, 3.63) is 67.4 Å². The minimum atomic E-state index is 1.10. The number of rotatable bonds is 2. The maximum Gasteiger partial charge on any atom is 0.0980 e. The van der Waals surface area contributed by atoms with Gasteiger partial charge in [-0.05, 0) is 34.9 Å². The first kappa shape index (κ1) is 9.85. The van der Waals surface area contributed by atoms with Gasteiger partial charge in [0, 0.05) is 18.0 Å². The molecule has 0 unspecified atom stereocenters. The van der Waals surface area contributed by atoms with E-state index in [1.54, 1.807) is 24.9 Å². The Hall–Kier alpha value is -2.35. The standard InChI is InChI=1S/C15H11NO/c1-3-13(15-7-10-17-11-15)4-2-12(1)14-5-8-16-9-6-14/h1-11H. The highest BCUT2D eigenvalue weighted by Gasteiger charge is 2.00. The summed E-state index contributed by atoms with van der Waals surface area (Å²) in [6, 6.07) is 14.4. The van der Waals surface area contributed by atoms with Gasteiger partial charge in [0.1, 0.15) is 0 Å². The summed E-state index contributed by atoms with van der Waals surface area (Å²) >= 11 is 0. The van der Waals surface area contributed by atoms with E-state index in [1.165, 1.54) is 11.1 Å². The Kier molecular flexibility index (Phi) is 2.47. The molecule has 1 aromatic carbocycles. The van der Waals surface area contributed by atoms with Crippen LogP contribution in [-0.2, 0) is 0 Å². The highest BCUT2D eigenvalue weighted by atomic mass is 16.3. The molecular formula is C15H11NO. The lowest BCUT2D eigenvalue weighted by molar-refractivity contribution is 0.568. The van der Waals surface area contributed by atoms with Crippen LogP contribution < -0.4 is 0 Å². The molecule has 0 saturated heterocycles. The van der Waals surface area contributed by atoms with Gasteiger partial charge in [-0.3, -0.25) is 4.98 Å². The first-order valence-electron chi connectivity index (χ1n) is 5.46. The summed E-state index contributed by atoms with van der Waals surface area (Å²) in [6.45, 7) is 0. The fourth-order valence-electron chi connectivity index (χ4n) is 1.83. The fraction of sp³-hybridized carbons (Fsp3) is 0. The highest BCUT2D eigenvalue weighted by Crippen LogP contribution is 2.24. The second-order valence-electron chi connectivity index (χ2n) is 3.83. The van der Waals surface area contributed by atoms with Crippen LogP contribution in [0.2, 0.25) is 0 Å². The van der Waals surface area contributed by atoms with Crippen molar-refractivity contribution in [1.82, 2.24) is 4.98 Å². The van der Waals surface area contributed by atoms with Crippen molar-refractivity contribution >= 4 is 0 Å². The Bertz CT molecular complexity index is 583. The predicted octanol–water partition coefficient (Wildman–Crippen LogP) is 4.01. The van der Waals surface area contributed by atoms with E-state index in [1.807, 2.05) is 18.2 Å². The number of nitrogens with zero attached hydrogens (tertiary/aromatic N) is 1. The third-order valence-corrected chi connectivity index (χ3v) is 2.75. The van der Waals surface area contributed by atoms with Gasteiger partial charge in [-0.15, -0.1) is 0 Å². The number of pyridine rings is 1. The summed E-state index contributed by atoms with van der Waals surface area (Å²) in [6.07, 6.45) is 7.05. The number of hydrogen-bond acceptors (Lipinski definition) is 2. The van der Waals surface area contributed by atoms with E-state index in [4.69, 9.17) is 4.42 Å². The minimum absolute atomic E-state index is 1.10. The van der Waals surface area contributed by atoms with Gasteiger partial charge in [-0.25, -0.2) is 0 Å². The van der Waals surface area contributed by atoms with Crippen molar-refractivity contribution in [3.63, 3.8) is 0 Å². The van der Waals surface area contributed by atoms with Gasteiger partial charge in [-0.2, -0.15) is 0 Å². The van der Waals surface area contributed by atoms with Gasteiger partial charge < -0.3 is 4.42 Å². The minimum Gasteiger partial charge on any atom is -0.472 e. The molecule has 3 aromatic rings. The van der Waals surface area contributed by atoms with Gasteiger partial charge >= 0.3 is 0 Å². The molecule has 17 heavy (non-hydrogen) atoms. The Labute approximate surface area is 99.6 Å². The van der Waals surface area contributed by atoms with Crippen LogP contribution in [0.5, 0.6) is 0 Å². The van der Waals surface area contributed by atoms with E-state index >= 15 is 0 Å². The van der Waals surface area contributed by atoms with Gasteiger partial charge in [0.2, 0.25) is 0 Å². The average Bonchev–Trinajstić information content (AvgIpc) is 2.94. The molecule has 0 spiro atoms. The van der Waals surface area contributed by atoms with Crippen molar-refractivity contribution in [3.8, 4) is 22.3 Å². The van der Waals surface area contributed by atoms with E-state index in [2.05, 4.69) is 29.2 Å². The molecule has 0 amide bonds. The summed E-state index contributed by atoms with van der Waals surface area (Å²) in [4.78, 5) is 4.02. The van der Waals surface area contributed by atoms with Crippen LogP contribution >= 0.6 is 0 Å². The number of furan rings is 1. The summed E-state index contributed by atoms with van der Waals surface area (Å²) in [5.74, 6) is 0. The van der Waals surface area contributed by atoms with Crippen molar-refractivity contribution in [2.75, 3.05) is 0 Å². The zero-order valence-electron chi connectivity index (χ0n) is 9.21. The number of aromatic nitrogens is 1. The van der Waals surface area contributed by atoms with Crippen LogP contribution in [0.3, 0.4) is 0 Å². The smallest absolute Gasteiger partial charge is 0.0980 e. The molecule has 0 N–H and O–H groups in total. The molecule has 0 aliphatic heterocycles. The van der Waals surface area contributed by atoms with E-state index in [0.29, 0.717) is 0 Å². The third-order valence-electron chi connectivity index (χ3n) is 2.75. The molecule has 0 aliphatic rings. The van der Waals surface area contributed by atoms with Crippen LogP contribution in [0.4, 0.5) is 0 Å². The van der Waals surface area contributed by atoms with Crippen molar-refractivity contribution in [2.24, 2.45) is 0 Å². The van der Waals surface area contributed by atoms with Crippen LogP contribution in [0.1, 0.15) is 0 Å². The lowest BCUT2D eigenvalue weighted by Gasteiger charge is -2.02. The SMILES string of the molecule is c1cc(-c2ccc(-c3ccoc3)cc2)ccn1. The molecule has 0 aliphatic carbocycles. The van der Waals surface area contributed by atoms with Crippen LogP contribution in [-0.4, -0.2) is 4.98 Å². The Morgan fingerprint density at radius 3 is 1.82 bits per heavy atom. The molecule has 3 rings (SSSR count). The second-order valence-corrected chi connectivity index (χ2v) is 3.83. The Balaban J connectivity index is 1.96. The van der Waals surface area contributed by atoms with E-state index < -0.39 is 0 Å². The van der Waals surface area contributed by atoms with Gasteiger partial charge in [0.05, 0.1) is 12.5 Å². The zero-order valence-corrected chi connectivity index (χ0v) is 9.21. The first-order chi connectivity index (χ1) is 8.43. The molecule has 2 heterocycles. The monoisotopic (exact) mass is 221 g/mol. The zero-order chi connectivity index (χ0) is 11.5. The molecular weight excluding hydrogens is 210 g/mol. The molecule has 2 aromatic heterocycles. The maximum atomic E-state index is 5.08. The Morgan fingerprint density at radius 1 is 0.647 bits per heavy atom. The van der Waals surface area contributed by atoms with Crippen molar-refractivity contribution < 1.29 is 4.42 Å². The van der Waals surface area contributed by atoms with Crippen LogP contribution in [0, 0.1) is 0 Å². The molecule has 2 nitrogen and oxygen atoms in total. The van der Waals surface area contributed by atoms with Gasteiger partial charge in [-0.1, -0.05) is 24.3 Å². The lowest BCUT2D eigenvalue weighted by atomic mass is 10.0. The van der Waals surface area contributed by atoms with Crippen molar-refractivity contribution in [2.45, 2.75) is 0 Å². The molecule has 2 heteroatoms. The number of benzene rings is 1. The molecule has 0 bridgehead atoms. The number of hydrogen-bond donors (Lipinski definition) is 0. The predicted molar refractivity (Wildman–Crippen MR) is 67.4 cm³/mol. The van der Waals surface area contributed by atoms with E-state index in [0.717, 1.165) is 11.1 Å². The molecule has 0 saturated carbocycles. The van der Waals surface area contributed by atoms with E-state index in [-0.39, 0.29) is 0 Å². The molecule has 0 radical (unpaired) electrons. The average molecular weight is 221 g/mol. The van der Waals surface area contributed by atoms with Crippen LogP contribution in [0.25, 0.3) is 22.3 Å². The second kappa shape index (κ2) is 4.26. The maximum absolute atomic E-state index is 5.08. The largest absolute Gasteiger partial charge is 0.472 e. The summed E-state index contributed by atoms with van der Waals surface area (Å²) in [7, 11) is 0. The van der Waals surface area contributed by atoms with Crippen LogP contribution in [0.15, 0.2) is 71.8 Å². The first-order valence-corrected chi connectivity index (χ1v) is 5.46. The molecule has 0 atom stereocenters. The Morgan fingerprint density at radius 2 is 1.24 bits per heavy atom. The lowest BCUT2D eigenvalue weighted by Crippen LogP contribution is -1.79. The third kappa shape index (κ3) is 1.97. The summed E-state index contributed by atoms with van der Waals surface area (Å²) in [5, 5.41) is 0. The summed E-state index contributed by atoms with van der Waals surface area (Å²) < 4.78 is 5.08. The highest BCUT2D eigenvalue weighted by molar-refractivity contribution is 5.69. The topological polar surface area (TPSA) is 26.0 Å². The molecule has 0 fully saturated rings. The fourth-order valence-corrected chi connectivity index (χ4v) is 1.83. The molecule has 82 valence electrons. The summed E-state index contributed by atoms with van der Waals surface area (Å²) in [5.41, 5.74) is 4.64. The van der Waals surface area contributed by atoms with Crippen molar-refractivity contribution in [1.29, 1.82) is 0 Å². The van der Waals surface area contributed by atoms with E-state index in [9.17, 15) is 0 Å². The normalized spacial score (nSPS) is 10.4.